The summed E-state index contributed by atoms with van der Waals surface area (Å²) in [4.78, 5) is 21.4. The zero-order chi connectivity index (χ0) is 20.4. The van der Waals surface area contributed by atoms with Gasteiger partial charge in [0.05, 0.1) is 23.0 Å². The average Bonchev–Trinajstić information content (AvgIpc) is 2.73. The first-order valence-electron chi connectivity index (χ1n) is 9.93. The minimum atomic E-state index is -0.00753. The van der Waals surface area contributed by atoms with Crippen molar-refractivity contribution < 1.29 is 4.74 Å². The van der Waals surface area contributed by atoms with Gasteiger partial charge in [-0.15, -0.1) is 0 Å². The van der Waals surface area contributed by atoms with Crippen LogP contribution in [-0.2, 0) is 13.1 Å². The number of nitrogens with one attached hydrogen (secondary N) is 1. The lowest BCUT2D eigenvalue weighted by Crippen LogP contribution is -2.46. The summed E-state index contributed by atoms with van der Waals surface area (Å²) in [6.07, 6.45) is 0. The number of rotatable bonds is 5. The molecule has 0 spiro atoms. The highest BCUT2D eigenvalue weighted by Gasteiger charge is 2.21. The Morgan fingerprint density at radius 2 is 1.66 bits per heavy atom. The Bertz CT molecular complexity index is 1060. The predicted octanol–water partition coefficient (Wildman–Crippen LogP) is 3.82. The summed E-state index contributed by atoms with van der Waals surface area (Å²) in [7, 11) is 1.60. The fraction of sp³-hybridized carbons (Fsp3) is 0.348. The number of aromatic amines is 1. The summed E-state index contributed by atoms with van der Waals surface area (Å²) in [5, 5.41) is 0.963. The van der Waals surface area contributed by atoms with Gasteiger partial charge in [0.1, 0.15) is 5.75 Å². The van der Waals surface area contributed by atoms with Crippen LogP contribution in [0.5, 0.6) is 5.75 Å². The molecule has 0 bridgehead atoms. The van der Waals surface area contributed by atoms with Crippen LogP contribution in [0.4, 0.5) is 0 Å². The lowest BCUT2D eigenvalue weighted by Gasteiger charge is -2.34. The molecular weight excluding hydrogens is 386 g/mol. The number of aromatic nitrogens is 1. The molecule has 1 saturated heterocycles. The van der Waals surface area contributed by atoms with E-state index in [9.17, 15) is 4.79 Å². The number of methoxy groups -OCH3 is 1. The SMILES string of the molecule is COc1ccc(Cl)c2c(=O)c(CN3CCN(Cc4ccccc4)CC3)c(C)[nH]c12. The molecule has 1 N–H and O–H groups in total. The second-order valence-electron chi connectivity index (χ2n) is 7.60. The van der Waals surface area contributed by atoms with Crippen molar-refractivity contribution in [2.75, 3.05) is 33.3 Å². The maximum Gasteiger partial charge on any atom is 0.195 e. The Morgan fingerprint density at radius 1 is 1.00 bits per heavy atom. The average molecular weight is 412 g/mol. The van der Waals surface area contributed by atoms with E-state index in [1.165, 1.54) is 5.56 Å². The zero-order valence-electron chi connectivity index (χ0n) is 16.9. The van der Waals surface area contributed by atoms with Gasteiger partial charge in [0.2, 0.25) is 0 Å². The molecule has 0 atom stereocenters. The van der Waals surface area contributed by atoms with E-state index in [0.717, 1.165) is 44.0 Å². The van der Waals surface area contributed by atoms with Crippen LogP contribution in [0.3, 0.4) is 0 Å². The highest BCUT2D eigenvalue weighted by atomic mass is 35.5. The van der Waals surface area contributed by atoms with E-state index in [0.29, 0.717) is 28.2 Å². The molecule has 6 heteroatoms. The third-order valence-electron chi connectivity index (χ3n) is 5.70. The van der Waals surface area contributed by atoms with Gasteiger partial charge >= 0.3 is 0 Å². The third kappa shape index (κ3) is 4.17. The van der Waals surface area contributed by atoms with Crippen molar-refractivity contribution in [3.8, 4) is 5.75 Å². The normalized spacial score (nSPS) is 15.7. The highest BCUT2D eigenvalue weighted by Crippen LogP contribution is 2.29. The minimum absolute atomic E-state index is 0.00753. The van der Waals surface area contributed by atoms with Crippen molar-refractivity contribution in [3.63, 3.8) is 0 Å². The van der Waals surface area contributed by atoms with E-state index in [1.54, 1.807) is 19.2 Å². The maximum atomic E-state index is 13.2. The first kappa shape index (κ1) is 20.0. The van der Waals surface area contributed by atoms with Crippen LogP contribution in [0.25, 0.3) is 10.9 Å². The summed E-state index contributed by atoms with van der Waals surface area (Å²) in [6, 6.07) is 14.1. The van der Waals surface area contributed by atoms with E-state index < -0.39 is 0 Å². The van der Waals surface area contributed by atoms with E-state index >= 15 is 0 Å². The molecule has 3 aromatic rings. The van der Waals surface area contributed by atoms with Crippen LogP contribution in [-0.4, -0.2) is 48.1 Å². The fourth-order valence-electron chi connectivity index (χ4n) is 4.02. The number of benzene rings is 2. The first-order valence-corrected chi connectivity index (χ1v) is 10.3. The van der Waals surface area contributed by atoms with Gasteiger partial charge in [-0.1, -0.05) is 41.9 Å². The molecule has 4 rings (SSSR count). The standard InChI is InChI=1S/C23H26ClN3O2/c1-16-18(23(28)21-19(24)8-9-20(29-2)22(21)25-16)15-27-12-10-26(11-13-27)14-17-6-4-3-5-7-17/h3-9H,10-15H2,1-2H3,(H,25,28). The molecule has 1 aliphatic heterocycles. The molecule has 1 aliphatic rings. The number of fused-ring (bicyclic) bond motifs is 1. The molecule has 1 aromatic heterocycles. The van der Waals surface area contributed by atoms with Gasteiger partial charge in [0, 0.05) is 50.5 Å². The van der Waals surface area contributed by atoms with Gasteiger partial charge in [0.15, 0.2) is 5.43 Å². The zero-order valence-corrected chi connectivity index (χ0v) is 17.6. The van der Waals surface area contributed by atoms with Crippen LogP contribution in [0, 0.1) is 6.92 Å². The minimum Gasteiger partial charge on any atom is -0.495 e. The van der Waals surface area contributed by atoms with Crippen LogP contribution in [0.1, 0.15) is 16.8 Å². The molecule has 0 unspecified atom stereocenters. The molecule has 1 fully saturated rings. The molecular formula is C23H26ClN3O2. The summed E-state index contributed by atoms with van der Waals surface area (Å²) in [5.41, 5.74) is 3.65. The van der Waals surface area contributed by atoms with E-state index in [1.807, 2.05) is 13.0 Å². The van der Waals surface area contributed by atoms with Gasteiger partial charge < -0.3 is 9.72 Å². The maximum absolute atomic E-state index is 13.2. The van der Waals surface area contributed by atoms with Crippen molar-refractivity contribution in [1.29, 1.82) is 0 Å². The van der Waals surface area contributed by atoms with Crippen molar-refractivity contribution >= 4 is 22.5 Å². The van der Waals surface area contributed by atoms with Gasteiger partial charge in [-0.05, 0) is 24.6 Å². The van der Waals surface area contributed by atoms with E-state index in [4.69, 9.17) is 16.3 Å². The molecule has 5 nitrogen and oxygen atoms in total. The largest absolute Gasteiger partial charge is 0.495 e. The second kappa shape index (κ2) is 8.57. The molecule has 0 aliphatic carbocycles. The Balaban J connectivity index is 1.50. The van der Waals surface area contributed by atoms with Crippen molar-refractivity contribution in [2.45, 2.75) is 20.0 Å². The number of nitrogens with zero attached hydrogens (tertiary/aromatic N) is 2. The third-order valence-corrected chi connectivity index (χ3v) is 6.01. The number of pyridine rings is 1. The summed E-state index contributed by atoms with van der Waals surface area (Å²) in [5.74, 6) is 0.630. The number of halogens is 1. The van der Waals surface area contributed by atoms with E-state index in [-0.39, 0.29) is 5.43 Å². The highest BCUT2D eigenvalue weighted by molar-refractivity contribution is 6.35. The van der Waals surface area contributed by atoms with Crippen LogP contribution in [0.15, 0.2) is 47.3 Å². The number of ether oxygens (including phenoxy) is 1. The van der Waals surface area contributed by atoms with Gasteiger partial charge in [-0.3, -0.25) is 14.6 Å². The predicted molar refractivity (Wildman–Crippen MR) is 118 cm³/mol. The summed E-state index contributed by atoms with van der Waals surface area (Å²) < 4.78 is 5.40. The van der Waals surface area contributed by atoms with Crippen LogP contribution < -0.4 is 10.2 Å². The lowest BCUT2D eigenvalue weighted by atomic mass is 10.1. The number of piperazine rings is 1. The first-order chi connectivity index (χ1) is 14.1. The summed E-state index contributed by atoms with van der Waals surface area (Å²) in [6.45, 7) is 7.42. The van der Waals surface area contributed by atoms with E-state index in [2.05, 4.69) is 39.0 Å². The second-order valence-corrected chi connectivity index (χ2v) is 8.00. The van der Waals surface area contributed by atoms with Gasteiger partial charge in [-0.2, -0.15) is 0 Å². The number of hydrogen-bond acceptors (Lipinski definition) is 4. The fourth-order valence-corrected chi connectivity index (χ4v) is 4.26. The Morgan fingerprint density at radius 3 is 2.31 bits per heavy atom. The Labute approximate surface area is 175 Å². The molecule has 0 amide bonds. The number of H-pyrrole nitrogens is 1. The molecule has 0 radical (unpaired) electrons. The number of hydrogen-bond donors (Lipinski definition) is 1. The summed E-state index contributed by atoms with van der Waals surface area (Å²) >= 11 is 6.36. The molecule has 0 saturated carbocycles. The molecule has 152 valence electrons. The number of aryl methyl sites for hydroxylation is 1. The Kier molecular flexibility index (Phi) is 5.90. The lowest BCUT2D eigenvalue weighted by molar-refractivity contribution is 0.121. The van der Waals surface area contributed by atoms with Crippen LogP contribution >= 0.6 is 11.6 Å². The van der Waals surface area contributed by atoms with Crippen molar-refractivity contribution in [1.82, 2.24) is 14.8 Å². The van der Waals surface area contributed by atoms with Crippen molar-refractivity contribution in [3.05, 3.63) is 74.5 Å². The quantitative estimate of drug-likeness (QED) is 0.693. The van der Waals surface area contributed by atoms with Crippen molar-refractivity contribution in [2.24, 2.45) is 0 Å². The molecule has 2 heterocycles. The van der Waals surface area contributed by atoms with Gasteiger partial charge in [0.25, 0.3) is 0 Å². The topological polar surface area (TPSA) is 48.6 Å². The smallest absolute Gasteiger partial charge is 0.195 e. The Hall–Kier alpha value is -2.34. The van der Waals surface area contributed by atoms with Crippen LogP contribution in [0.2, 0.25) is 5.02 Å². The monoisotopic (exact) mass is 411 g/mol. The van der Waals surface area contributed by atoms with Gasteiger partial charge in [-0.25, -0.2) is 0 Å². The molecule has 2 aromatic carbocycles. The molecule has 29 heavy (non-hydrogen) atoms.